The van der Waals surface area contributed by atoms with Gasteiger partial charge in [-0.3, -0.25) is 0 Å². The molecule has 0 aliphatic rings. The molecule has 0 fully saturated rings. The number of phenols is 1. The number of alkyl halides is 3. The van der Waals surface area contributed by atoms with Gasteiger partial charge in [0.15, 0.2) is 22.6 Å². The van der Waals surface area contributed by atoms with Gasteiger partial charge in [-0.1, -0.05) is 0 Å². The number of hydrogen-bond acceptors (Lipinski definition) is 4. The predicted molar refractivity (Wildman–Crippen MR) is 55.1 cm³/mol. The normalized spacial score (nSPS) is 13.2. The quantitative estimate of drug-likeness (QED) is 0.833. The highest BCUT2D eigenvalue weighted by molar-refractivity contribution is 7.79. The average Bonchev–Trinajstić information content (AvgIpc) is 2.21. The van der Waals surface area contributed by atoms with Gasteiger partial charge in [-0.15, -0.1) is 13.2 Å². The molecular formula is C9H9F3O5S. The second-order valence-electron chi connectivity index (χ2n) is 3.18. The van der Waals surface area contributed by atoms with Crippen LogP contribution in [-0.2, 0) is 11.1 Å². The van der Waals surface area contributed by atoms with Crippen LogP contribution in [0, 0.1) is 6.92 Å². The number of phenolic OH excluding ortho intramolecular Hbond substituents is 1. The zero-order valence-corrected chi connectivity index (χ0v) is 10.1. The number of methoxy groups -OCH3 is 1. The Kier molecular flexibility index (Phi) is 4.07. The van der Waals surface area contributed by atoms with Gasteiger partial charge in [0.1, 0.15) is 10.6 Å². The first-order chi connectivity index (χ1) is 8.17. The molecule has 0 radical (unpaired) electrons. The maximum Gasteiger partial charge on any atom is 0.573 e. The van der Waals surface area contributed by atoms with E-state index in [0.717, 1.165) is 13.2 Å². The van der Waals surface area contributed by atoms with Crippen LogP contribution < -0.4 is 9.47 Å². The molecule has 0 bridgehead atoms. The molecule has 0 spiro atoms. The summed E-state index contributed by atoms with van der Waals surface area (Å²) >= 11 is -2.77. The summed E-state index contributed by atoms with van der Waals surface area (Å²) < 4.78 is 64.8. The van der Waals surface area contributed by atoms with E-state index in [1.165, 1.54) is 6.92 Å². The molecule has 0 saturated carbocycles. The van der Waals surface area contributed by atoms with Gasteiger partial charge < -0.3 is 19.1 Å². The van der Waals surface area contributed by atoms with Gasteiger partial charge >= 0.3 is 6.36 Å². The fraction of sp³-hybridized carbons (Fsp3) is 0.333. The molecule has 0 aliphatic heterocycles. The number of benzene rings is 1. The van der Waals surface area contributed by atoms with Crippen LogP contribution in [-0.4, -0.2) is 27.3 Å². The molecule has 5 nitrogen and oxygen atoms in total. The SMILES string of the molecule is COc1c(C)c(O)cc(S(=O)O)c1OC(F)(F)F. The number of hydrogen-bond donors (Lipinski definition) is 2. The van der Waals surface area contributed by atoms with Gasteiger partial charge in [0, 0.05) is 11.6 Å². The van der Waals surface area contributed by atoms with Gasteiger partial charge in [-0.05, 0) is 6.92 Å². The molecule has 1 aromatic rings. The number of aromatic hydroxyl groups is 1. The maximum absolute atomic E-state index is 12.2. The molecule has 0 amide bonds. The summed E-state index contributed by atoms with van der Waals surface area (Å²) in [5, 5.41) is 9.42. The molecule has 1 atom stereocenters. The predicted octanol–water partition coefficient (Wildman–Crippen LogP) is 2.19. The molecule has 1 rings (SSSR count). The third-order valence-corrected chi connectivity index (χ3v) is 2.71. The van der Waals surface area contributed by atoms with Crippen LogP contribution in [0.1, 0.15) is 5.56 Å². The summed E-state index contributed by atoms with van der Waals surface area (Å²) in [6.07, 6.45) is -5.05. The second kappa shape index (κ2) is 5.02. The molecule has 102 valence electrons. The number of rotatable bonds is 3. The largest absolute Gasteiger partial charge is 0.573 e. The average molecular weight is 286 g/mol. The smallest absolute Gasteiger partial charge is 0.507 e. The first kappa shape index (κ1) is 14.6. The van der Waals surface area contributed by atoms with Gasteiger partial charge in [-0.2, -0.15) is 0 Å². The van der Waals surface area contributed by atoms with E-state index in [9.17, 15) is 22.5 Å². The van der Waals surface area contributed by atoms with E-state index in [2.05, 4.69) is 9.47 Å². The first-order valence-electron chi connectivity index (χ1n) is 4.44. The van der Waals surface area contributed by atoms with Gasteiger partial charge in [-0.25, -0.2) is 4.21 Å². The van der Waals surface area contributed by atoms with E-state index >= 15 is 0 Å². The topological polar surface area (TPSA) is 76.0 Å². The molecule has 0 aromatic heterocycles. The monoisotopic (exact) mass is 286 g/mol. The maximum atomic E-state index is 12.2. The van der Waals surface area contributed by atoms with E-state index in [1.807, 2.05) is 0 Å². The van der Waals surface area contributed by atoms with Crippen LogP contribution in [0.4, 0.5) is 13.2 Å². The minimum Gasteiger partial charge on any atom is -0.507 e. The van der Waals surface area contributed by atoms with Crippen molar-refractivity contribution in [3.8, 4) is 17.2 Å². The van der Waals surface area contributed by atoms with Crippen LogP contribution in [0.15, 0.2) is 11.0 Å². The van der Waals surface area contributed by atoms with Crippen molar-refractivity contribution in [3.05, 3.63) is 11.6 Å². The summed E-state index contributed by atoms with van der Waals surface area (Å²) in [5.41, 5.74) is -0.0362. The Hall–Kier alpha value is -1.48. The molecule has 1 unspecified atom stereocenters. The molecule has 9 heteroatoms. The van der Waals surface area contributed by atoms with Gasteiger partial charge in [0.25, 0.3) is 0 Å². The Morgan fingerprint density at radius 2 is 1.89 bits per heavy atom. The fourth-order valence-electron chi connectivity index (χ4n) is 1.28. The van der Waals surface area contributed by atoms with Crippen molar-refractivity contribution in [2.24, 2.45) is 0 Å². The van der Waals surface area contributed by atoms with E-state index in [0.29, 0.717) is 0 Å². The highest BCUT2D eigenvalue weighted by atomic mass is 32.2. The van der Waals surface area contributed by atoms with Crippen molar-refractivity contribution >= 4 is 11.1 Å². The van der Waals surface area contributed by atoms with Crippen LogP contribution in [0.2, 0.25) is 0 Å². The van der Waals surface area contributed by atoms with Gasteiger partial charge in [0.2, 0.25) is 0 Å². The summed E-state index contributed by atoms with van der Waals surface area (Å²) in [5.74, 6) is -1.87. The van der Waals surface area contributed by atoms with Crippen molar-refractivity contribution in [2.45, 2.75) is 18.2 Å². The minimum atomic E-state index is -5.05. The number of ether oxygens (including phenoxy) is 2. The lowest BCUT2D eigenvalue weighted by atomic mass is 10.2. The Morgan fingerprint density at radius 1 is 1.33 bits per heavy atom. The Labute approximate surface area is 102 Å². The molecule has 0 saturated heterocycles. The summed E-state index contributed by atoms with van der Waals surface area (Å²) in [7, 11) is 1.05. The molecule has 0 heterocycles. The second-order valence-corrected chi connectivity index (χ2v) is 4.12. The molecule has 18 heavy (non-hydrogen) atoms. The third-order valence-electron chi connectivity index (χ3n) is 2.03. The molecule has 0 aliphatic carbocycles. The van der Waals surface area contributed by atoms with Crippen LogP contribution in [0.25, 0.3) is 0 Å². The molecule has 1 aromatic carbocycles. The highest BCUT2D eigenvalue weighted by Crippen LogP contribution is 2.43. The lowest BCUT2D eigenvalue weighted by molar-refractivity contribution is -0.276. The first-order valence-corrected chi connectivity index (χ1v) is 5.55. The Morgan fingerprint density at radius 3 is 2.28 bits per heavy atom. The van der Waals surface area contributed by atoms with Crippen LogP contribution >= 0.6 is 0 Å². The number of halogens is 3. The van der Waals surface area contributed by atoms with Crippen molar-refractivity contribution in [1.29, 1.82) is 0 Å². The minimum absolute atomic E-state index is 0.0362. The summed E-state index contributed by atoms with van der Waals surface area (Å²) in [6, 6.07) is 0.717. The van der Waals surface area contributed by atoms with Crippen molar-refractivity contribution in [1.82, 2.24) is 0 Å². The Bertz CT molecular complexity index is 486. The summed E-state index contributed by atoms with van der Waals surface area (Å²) in [4.78, 5) is -0.729. The fourth-order valence-corrected chi connectivity index (χ4v) is 1.79. The zero-order valence-electron chi connectivity index (χ0n) is 9.24. The lowest BCUT2D eigenvalue weighted by Gasteiger charge is -2.17. The Balaban J connectivity index is 3.52. The van der Waals surface area contributed by atoms with E-state index in [1.54, 1.807) is 0 Å². The lowest BCUT2D eigenvalue weighted by Crippen LogP contribution is -2.19. The zero-order chi connectivity index (χ0) is 14.1. The summed E-state index contributed by atoms with van der Waals surface area (Å²) in [6.45, 7) is 1.28. The van der Waals surface area contributed by atoms with E-state index in [-0.39, 0.29) is 5.56 Å². The highest BCUT2D eigenvalue weighted by Gasteiger charge is 2.35. The molecular weight excluding hydrogens is 277 g/mol. The van der Waals surface area contributed by atoms with Crippen molar-refractivity contribution in [2.75, 3.05) is 7.11 Å². The van der Waals surface area contributed by atoms with E-state index in [4.69, 9.17) is 4.55 Å². The van der Waals surface area contributed by atoms with E-state index < -0.39 is 39.6 Å². The van der Waals surface area contributed by atoms with Crippen molar-refractivity contribution in [3.63, 3.8) is 0 Å². The van der Waals surface area contributed by atoms with Crippen LogP contribution in [0.5, 0.6) is 17.2 Å². The van der Waals surface area contributed by atoms with Gasteiger partial charge in [0.05, 0.1) is 7.11 Å². The van der Waals surface area contributed by atoms with Crippen LogP contribution in [0.3, 0.4) is 0 Å². The standard InChI is InChI=1S/C9H9F3O5S/c1-4-5(13)3-6(18(14)15)8(7(4)16-2)17-9(10,11)12/h3,13H,1-2H3,(H,14,15). The van der Waals surface area contributed by atoms with Crippen molar-refractivity contribution < 1.29 is 36.5 Å². The molecule has 2 N–H and O–H groups in total. The third kappa shape index (κ3) is 3.05.